The Bertz CT molecular complexity index is 523. The summed E-state index contributed by atoms with van der Waals surface area (Å²) in [6.45, 7) is 0.738. The molecule has 108 valence electrons. The van der Waals surface area contributed by atoms with Crippen molar-refractivity contribution in [3.05, 3.63) is 11.1 Å². The van der Waals surface area contributed by atoms with Gasteiger partial charge in [-0.15, -0.1) is 16.3 Å². The molecule has 8 nitrogen and oxygen atoms in total. The average molecular weight is 294 g/mol. The number of thiazole rings is 1. The first kappa shape index (κ1) is 15.7. The number of aromatic nitrogens is 1. The maximum absolute atomic E-state index is 8.39. The molecule has 0 bridgehead atoms. The summed E-state index contributed by atoms with van der Waals surface area (Å²) in [5, 5.41) is 10.9. The first-order chi connectivity index (χ1) is 9.52. The summed E-state index contributed by atoms with van der Waals surface area (Å²) in [6.07, 6.45) is 4.39. The number of guanidine groups is 2. The molecule has 0 aromatic carbocycles. The summed E-state index contributed by atoms with van der Waals surface area (Å²) in [6, 6.07) is 0. The lowest BCUT2D eigenvalue weighted by molar-refractivity contribution is 0.473. The van der Waals surface area contributed by atoms with Gasteiger partial charge in [0.25, 0.3) is 0 Å². The van der Waals surface area contributed by atoms with Gasteiger partial charge in [0.2, 0.25) is 17.3 Å². The Balaban J connectivity index is 2.31. The minimum absolute atomic E-state index is 0.0137. The van der Waals surface area contributed by atoms with Gasteiger partial charge in [-0.3, -0.25) is 0 Å². The molecule has 0 unspecified atom stereocenters. The van der Waals surface area contributed by atoms with Crippen LogP contribution in [0.1, 0.15) is 18.5 Å². The lowest BCUT2D eigenvalue weighted by Crippen LogP contribution is -2.34. The van der Waals surface area contributed by atoms with E-state index >= 15 is 0 Å². The zero-order chi connectivity index (χ0) is 15.0. The molecule has 9 heteroatoms. The minimum atomic E-state index is 0.0137. The topological polar surface area (TPSA) is 143 Å². The van der Waals surface area contributed by atoms with Gasteiger partial charge >= 0.3 is 0 Å². The zero-order valence-electron chi connectivity index (χ0n) is 11.3. The van der Waals surface area contributed by atoms with Crippen LogP contribution in [0.2, 0.25) is 0 Å². The second-order valence-corrected chi connectivity index (χ2v) is 4.94. The number of aryl methyl sites for hydroxylation is 1. The van der Waals surface area contributed by atoms with Crippen LogP contribution in [0.4, 0.5) is 5.13 Å². The molecule has 0 saturated carbocycles. The number of nitrogens with two attached hydrogens (primary N) is 3. The van der Waals surface area contributed by atoms with Crippen LogP contribution in [0.5, 0.6) is 0 Å². The highest BCUT2D eigenvalue weighted by Gasteiger charge is 2.04. The lowest BCUT2D eigenvalue weighted by atomic mass is 10.2. The minimum Gasteiger partial charge on any atom is -0.370 e. The van der Waals surface area contributed by atoms with Crippen molar-refractivity contribution in [2.75, 3.05) is 13.6 Å². The normalized spacial score (nSPS) is 10.9. The van der Waals surface area contributed by atoms with Gasteiger partial charge in [0.1, 0.15) is 0 Å². The van der Waals surface area contributed by atoms with Crippen LogP contribution < -0.4 is 17.2 Å². The number of aliphatic imine (C=N–C) groups is 2. The van der Waals surface area contributed by atoms with Gasteiger partial charge in [0.15, 0.2) is 5.96 Å². The molecular weight excluding hydrogens is 276 g/mol. The van der Waals surface area contributed by atoms with Crippen LogP contribution in [0, 0.1) is 11.5 Å². The van der Waals surface area contributed by atoms with Crippen molar-refractivity contribution in [1.29, 1.82) is 5.26 Å². The van der Waals surface area contributed by atoms with E-state index in [1.807, 2.05) is 5.38 Å². The van der Waals surface area contributed by atoms with Crippen molar-refractivity contribution in [2.45, 2.75) is 19.3 Å². The smallest absolute Gasteiger partial charge is 0.212 e. The summed E-state index contributed by atoms with van der Waals surface area (Å²) < 4.78 is 0. The van der Waals surface area contributed by atoms with Crippen molar-refractivity contribution in [1.82, 2.24) is 9.88 Å². The Labute approximate surface area is 121 Å². The molecule has 1 rings (SSSR count). The highest BCUT2D eigenvalue weighted by atomic mass is 32.1. The lowest BCUT2D eigenvalue weighted by Gasteiger charge is -2.16. The predicted molar refractivity (Wildman–Crippen MR) is 80.4 cm³/mol. The third kappa shape index (κ3) is 5.53. The van der Waals surface area contributed by atoms with Gasteiger partial charge in [0, 0.05) is 19.0 Å². The predicted octanol–water partition coefficient (Wildman–Crippen LogP) is 0.0983. The summed E-state index contributed by atoms with van der Waals surface area (Å²) in [4.78, 5) is 13.4. The monoisotopic (exact) mass is 294 g/mol. The highest BCUT2D eigenvalue weighted by Crippen LogP contribution is 2.19. The first-order valence-corrected chi connectivity index (χ1v) is 6.88. The van der Waals surface area contributed by atoms with Crippen LogP contribution in [0.3, 0.4) is 0 Å². The maximum Gasteiger partial charge on any atom is 0.212 e. The average Bonchev–Trinajstić information content (AvgIpc) is 2.81. The number of unbranched alkanes of at least 4 members (excludes halogenated alkanes) is 1. The van der Waals surface area contributed by atoms with Gasteiger partial charge in [0.05, 0.1) is 5.69 Å². The van der Waals surface area contributed by atoms with Crippen LogP contribution in [-0.4, -0.2) is 35.4 Å². The maximum atomic E-state index is 8.39. The molecule has 0 atom stereocenters. The molecule has 0 aliphatic rings. The molecule has 0 fully saturated rings. The standard InChI is InChI=1S/C11H18N8S/c1-19(10(15)16-7-12)5-3-2-4-8-6-20-11(17-8)18-9(13)14/h6H,2-5H2,1H3,(H2,15,16)(H4,13,14,17,18). The Morgan fingerprint density at radius 3 is 2.85 bits per heavy atom. The molecule has 6 N–H and O–H groups in total. The van der Waals surface area contributed by atoms with E-state index in [0.29, 0.717) is 5.13 Å². The molecular formula is C11H18N8S. The Morgan fingerprint density at radius 2 is 2.20 bits per heavy atom. The molecule has 0 aliphatic heterocycles. The van der Waals surface area contributed by atoms with Gasteiger partial charge < -0.3 is 22.1 Å². The van der Waals surface area contributed by atoms with E-state index < -0.39 is 0 Å². The van der Waals surface area contributed by atoms with Gasteiger partial charge in [-0.2, -0.15) is 10.3 Å². The Kier molecular flexibility index (Phi) is 6.25. The van der Waals surface area contributed by atoms with Gasteiger partial charge in [-0.05, 0) is 19.3 Å². The molecule has 20 heavy (non-hydrogen) atoms. The zero-order valence-corrected chi connectivity index (χ0v) is 12.1. The Hall–Kier alpha value is -2.34. The molecule has 1 aromatic rings. The molecule has 0 spiro atoms. The second kappa shape index (κ2) is 7.96. The quantitative estimate of drug-likeness (QED) is 0.294. The van der Waals surface area contributed by atoms with Crippen LogP contribution in [0.15, 0.2) is 15.4 Å². The number of hydrogen-bond acceptors (Lipinski definition) is 5. The number of nitrogens with zero attached hydrogens (tertiary/aromatic N) is 5. The van der Waals surface area contributed by atoms with Gasteiger partial charge in [-0.25, -0.2) is 4.98 Å². The molecule has 0 saturated heterocycles. The van der Waals surface area contributed by atoms with E-state index in [1.54, 1.807) is 18.1 Å². The van der Waals surface area contributed by atoms with Crippen LogP contribution >= 0.6 is 11.3 Å². The number of hydrogen-bond donors (Lipinski definition) is 3. The molecule has 0 amide bonds. The summed E-state index contributed by atoms with van der Waals surface area (Å²) in [7, 11) is 1.80. The van der Waals surface area contributed by atoms with E-state index in [-0.39, 0.29) is 11.9 Å². The highest BCUT2D eigenvalue weighted by molar-refractivity contribution is 7.13. The van der Waals surface area contributed by atoms with E-state index in [1.165, 1.54) is 11.3 Å². The van der Waals surface area contributed by atoms with Crippen molar-refractivity contribution in [2.24, 2.45) is 27.2 Å². The SMILES string of the molecule is CN(CCCCc1csc(N=C(N)N)n1)C(N)=NC#N. The van der Waals surface area contributed by atoms with Crippen molar-refractivity contribution in [3.63, 3.8) is 0 Å². The van der Waals surface area contributed by atoms with Gasteiger partial charge in [-0.1, -0.05) is 0 Å². The summed E-state index contributed by atoms with van der Waals surface area (Å²) in [5.74, 6) is 0.246. The Morgan fingerprint density at radius 1 is 1.45 bits per heavy atom. The van der Waals surface area contributed by atoms with Crippen molar-refractivity contribution >= 4 is 28.4 Å². The van der Waals surface area contributed by atoms with Crippen LogP contribution in [-0.2, 0) is 6.42 Å². The molecule has 0 radical (unpaired) electrons. The van der Waals surface area contributed by atoms with Crippen molar-refractivity contribution in [3.8, 4) is 6.19 Å². The molecule has 1 heterocycles. The fourth-order valence-electron chi connectivity index (χ4n) is 1.48. The summed E-state index contributed by atoms with van der Waals surface area (Å²) >= 11 is 1.41. The first-order valence-electron chi connectivity index (χ1n) is 6.00. The molecule has 0 aliphatic carbocycles. The van der Waals surface area contributed by atoms with E-state index in [9.17, 15) is 0 Å². The largest absolute Gasteiger partial charge is 0.370 e. The number of nitriles is 1. The third-order valence-electron chi connectivity index (χ3n) is 2.50. The fourth-order valence-corrected chi connectivity index (χ4v) is 2.22. The van der Waals surface area contributed by atoms with E-state index in [4.69, 9.17) is 22.5 Å². The van der Waals surface area contributed by atoms with Crippen molar-refractivity contribution < 1.29 is 0 Å². The van der Waals surface area contributed by atoms with Crippen LogP contribution in [0.25, 0.3) is 0 Å². The third-order valence-corrected chi connectivity index (χ3v) is 3.28. The molecule has 1 aromatic heterocycles. The van der Waals surface area contributed by atoms with E-state index in [2.05, 4.69) is 15.0 Å². The fraction of sp³-hybridized carbons (Fsp3) is 0.455. The van der Waals surface area contributed by atoms with E-state index in [0.717, 1.165) is 31.5 Å². The second-order valence-electron chi connectivity index (χ2n) is 4.11. The summed E-state index contributed by atoms with van der Waals surface area (Å²) in [5.41, 5.74) is 17.1. The number of rotatable bonds is 6.